The summed E-state index contributed by atoms with van der Waals surface area (Å²) in [7, 11) is 0. The largest absolute Gasteiger partial charge is 0.507 e. The summed E-state index contributed by atoms with van der Waals surface area (Å²) >= 11 is 0. The summed E-state index contributed by atoms with van der Waals surface area (Å²) in [4.78, 5) is 29.2. The Kier molecular flexibility index (Phi) is 5.09. The van der Waals surface area contributed by atoms with Gasteiger partial charge >= 0.3 is 0 Å². The van der Waals surface area contributed by atoms with E-state index in [1.54, 1.807) is 12.1 Å². The third-order valence-electron chi connectivity index (χ3n) is 4.47. The number of phenols is 1. The fourth-order valence-corrected chi connectivity index (χ4v) is 3.12. The number of piperidine rings is 1. The first-order chi connectivity index (χ1) is 12.9. The van der Waals surface area contributed by atoms with Crippen molar-refractivity contribution in [2.45, 2.75) is 25.0 Å². The Morgan fingerprint density at radius 3 is 2.93 bits per heavy atom. The van der Waals surface area contributed by atoms with Gasteiger partial charge in [0.25, 0.3) is 11.8 Å². The summed E-state index contributed by atoms with van der Waals surface area (Å²) in [5.74, 6) is -0.963. The summed E-state index contributed by atoms with van der Waals surface area (Å²) in [6.45, 7) is 0.831. The number of aromatic hydroxyl groups is 1. The minimum absolute atomic E-state index is 0.0212. The lowest BCUT2D eigenvalue weighted by Crippen LogP contribution is -2.50. The van der Waals surface area contributed by atoms with Crippen molar-refractivity contribution in [2.24, 2.45) is 11.5 Å². The predicted molar refractivity (Wildman–Crippen MR) is 95.7 cm³/mol. The molecule has 1 aromatic carbocycles. The van der Waals surface area contributed by atoms with E-state index >= 15 is 0 Å². The second-order valence-electron chi connectivity index (χ2n) is 6.33. The molecule has 9 heteroatoms. The molecule has 2 unspecified atom stereocenters. The number of aromatic nitrogens is 1. The van der Waals surface area contributed by atoms with Crippen molar-refractivity contribution in [2.75, 3.05) is 13.1 Å². The number of amides is 2. The maximum Gasteiger partial charge on any atom is 0.254 e. The van der Waals surface area contributed by atoms with Crippen LogP contribution in [-0.2, 0) is 4.79 Å². The number of pyridine rings is 1. The van der Waals surface area contributed by atoms with Crippen LogP contribution in [-0.4, -0.2) is 52.0 Å². The molecule has 27 heavy (non-hydrogen) atoms. The third kappa shape index (κ3) is 3.75. The lowest BCUT2D eigenvalue weighted by Gasteiger charge is -2.33. The van der Waals surface area contributed by atoms with Gasteiger partial charge in [-0.15, -0.1) is 0 Å². The Bertz CT molecular complexity index is 939. The van der Waals surface area contributed by atoms with Gasteiger partial charge in [-0.2, -0.15) is 5.26 Å². The number of nitrogens with zero attached hydrogens (tertiary/aromatic N) is 3. The average molecular weight is 369 g/mol. The first-order valence-electron chi connectivity index (χ1n) is 8.43. The average Bonchev–Trinajstić information content (AvgIpc) is 2.67. The van der Waals surface area contributed by atoms with Crippen LogP contribution < -0.4 is 16.2 Å². The SMILES string of the molecule is N#CC(N)C(=O)N1CCCC(Oc2ccnc3cc(C(N)=O)c(O)cc23)C1. The minimum atomic E-state index is -1.19. The van der Waals surface area contributed by atoms with Crippen LogP contribution in [0.3, 0.4) is 0 Å². The van der Waals surface area contributed by atoms with E-state index in [4.69, 9.17) is 21.5 Å². The lowest BCUT2D eigenvalue weighted by atomic mass is 10.1. The highest BCUT2D eigenvalue weighted by atomic mass is 16.5. The summed E-state index contributed by atoms with van der Waals surface area (Å²) < 4.78 is 6.03. The van der Waals surface area contributed by atoms with E-state index in [0.29, 0.717) is 36.2 Å². The van der Waals surface area contributed by atoms with Crippen molar-refractivity contribution in [3.8, 4) is 17.6 Å². The monoisotopic (exact) mass is 369 g/mol. The first kappa shape index (κ1) is 18.4. The molecular weight excluding hydrogens is 350 g/mol. The molecule has 0 saturated carbocycles. The Balaban J connectivity index is 1.84. The maximum atomic E-state index is 12.1. The minimum Gasteiger partial charge on any atom is -0.507 e. The Morgan fingerprint density at radius 2 is 2.22 bits per heavy atom. The molecule has 2 atom stereocenters. The lowest BCUT2D eigenvalue weighted by molar-refractivity contribution is -0.133. The van der Waals surface area contributed by atoms with E-state index in [0.717, 1.165) is 6.42 Å². The van der Waals surface area contributed by atoms with Gasteiger partial charge in [0.15, 0.2) is 6.04 Å². The molecule has 0 bridgehead atoms. The summed E-state index contributed by atoms with van der Waals surface area (Å²) in [5.41, 5.74) is 11.2. The van der Waals surface area contributed by atoms with Crippen LogP contribution in [0.25, 0.3) is 10.9 Å². The second kappa shape index (κ2) is 7.47. The molecule has 1 aliphatic rings. The molecule has 2 aromatic rings. The van der Waals surface area contributed by atoms with E-state index in [9.17, 15) is 14.7 Å². The van der Waals surface area contributed by atoms with Gasteiger partial charge in [-0.25, -0.2) is 0 Å². The molecule has 0 radical (unpaired) electrons. The molecule has 1 saturated heterocycles. The van der Waals surface area contributed by atoms with E-state index < -0.39 is 17.9 Å². The predicted octanol–water partition coefficient (Wildman–Crippen LogP) is 0.260. The molecule has 1 aliphatic heterocycles. The number of primary amides is 1. The number of rotatable bonds is 4. The van der Waals surface area contributed by atoms with Gasteiger partial charge in [0.05, 0.1) is 23.7 Å². The number of likely N-dealkylation sites (tertiary alicyclic amines) is 1. The maximum absolute atomic E-state index is 12.1. The normalized spacial score (nSPS) is 17.9. The number of benzene rings is 1. The zero-order valence-electron chi connectivity index (χ0n) is 14.5. The molecule has 2 heterocycles. The molecule has 140 valence electrons. The van der Waals surface area contributed by atoms with Crippen LogP contribution in [0, 0.1) is 11.3 Å². The van der Waals surface area contributed by atoms with Crippen LogP contribution in [0.1, 0.15) is 23.2 Å². The van der Waals surface area contributed by atoms with Gasteiger partial charge in [0, 0.05) is 18.1 Å². The molecule has 9 nitrogen and oxygen atoms in total. The highest BCUT2D eigenvalue weighted by Crippen LogP contribution is 2.31. The summed E-state index contributed by atoms with van der Waals surface area (Å²) in [5, 5.41) is 19.4. The Morgan fingerprint density at radius 1 is 1.44 bits per heavy atom. The molecule has 1 fully saturated rings. The number of ether oxygens (including phenoxy) is 1. The molecule has 1 aromatic heterocycles. The van der Waals surface area contributed by atoms with Gasteiger partial charge < -0.3 is 26.2 Å². The van der Waals surface area contributed by atoms with Gasteiger partial charge in [0.2, 0.25) is 0 Å². The Labute approximate surface area is 155 Å². The van der Waals surface area contributed by atoms with Gasteiger partial charge in [-0.05, 0) is 31.0 Å². The summed E-state index contributed by atoms with van der Waals surface area (Å²) in [6.07, 6.45) is 2.67. The topological polar surface area (TPSA) is 156 Å². The number of nitrogens with two attached hydrogens (primary N) is 2. The summed E-state index contributed by atoms with van der Waals surface area (Å²) in [6, 6.07) is 4.99. The highest BCUT2D eigenvalue weighted by molar-refractivity contribution is 6.00. The van der Waals surface area contributed by atoms with E-state index in [1.807, 2.05) is 0 Å². The van der Waals surface area contributed by atoms with Crippen molar-refractivity contribution >= 4 is 22.7 Å². The fraction of sp³-hybridized carbons (Fsp3) is 0.333. The number of hydrogen-bond acceptors (Lipinski definition) is 7. The molecule has 0 aliphatic carbocycles. The fourth-order valence-electron chi connectivity index (χ4n) is 3.12. The van der Waals surface area contributed by atoms with Crippen molar-refractivity contribution in [3.63, 3.8) is 0 Å². The van der Waals surface area contributed by atoms with Crippen molar-refractivity contribution in [1.82, 2.24) is 9.88 Å². The molecular formula is C18H19N5O4. The zero-order valence-corrected chi connectivity index (χ0v) is 14.5. The molecule has 2 amide bonds. The second-order valence-corrected chi connectivity index (χ2v) is 6.33. The quantitative estimate of drug-likeness (QED) is 0.698. The van der Waals surface area contributed by atoms with E-state index in [2.05, 4.69) is 4.98 Å². The van der Waals surface area contributed by atoms with Crippen LogP contribution in [0.15, 0.2) is 24.4 Å². The first-order valence-corrected chi connectivity index (χ1v) is 8.43. The zero-order chi connectivity index (χ0) is 19.6. The molecule has 5 N–H and O–H groups in total. The Hall–Kier alpha value is -3.38. The van der Waals surface area contributed by atoms with Gasteiger partial charge in [-0.3, -0.25) is 14.6 Å². The van der Waals surface area contributed by atoms with Crippen LogP contribution in [0.4, 0.5) is 0 Å². The van der Waals surface area contributed by atoms with Crippen LogP contribution in [0.5, 0.6) is 11.5 Å². The smallest absolute Gasteiger partial charge is 0.254 e. The van der Waals surface area contributed by atoms with E-state index in [-0.39, 0.29) is 17.4 Å². The van der Waals surface area contributed by atoms with Crippen molar-refractivity contribution in [3.05, 3.63) is 30.0 Å². The number of carbonyl (C=O) groups is 2. The number of hydrogen-bond donors (Lipinski definition) is 3. The third-order valence-corrected chi connectivity index (χ3v) is 4.47. The van der Waals surface area contributed by atoms with Crippen LogP contribution in [0.2, 0.25) is 0 Å². The van der Waals surface area contributed by atoms with Gasteiger partial charge in [0.1, 0.15) is 17.6 Å². The molecule has 3 rings (SSSR count). The highest BCUT2D eigenvalue weighted by Gasteiger charge is 2.28. The van der Waals surface area contributed by atoms with Crippen molar-refractivity contribution in [1.29, 1.82) is 5.26 Å². The van der Waals surface area contributed by atoms with E-state index in [1.165, 1.54) is 23.2 Å². The number of carbonyl (C=O) groups excluding carboxylic acids is 2. The van der Waals surface area contributed by atoms with Crippen molar-refractivity contribution < 1.29 is 19.4 Å². The molecule has 0 spiro atoms. The van der Waals surface area contributed by atoms with Crippen LogP contribution >= 0.6 is 0 Å². The number of nitriles is 1. The standard InChI is InChI=1S/C18H19N5O4/c19-8-13(20)18(26)23-5-1-2-10(9-23)27-16-3-4-22-14-6-12(17(21)25)15(24)7-11(14)16/h3-4,6-7,10,13,24H,1-2,5,9,20H2,(H2,21,25). The number of fused-ring (bicyclic) bond motifs is 1. The van der Waals surface area contributed by atoms with Gasteiger partial charge in [-0.1, -0.05) is 0 Å².